The summed E-state index contributed by atoms with van der Waals surface area (Å²) in [5.41, 5.74) is 9.20. The SMILES string of the molecule is Nc1cccc2c1CCCN2C(=O)c1cnn(CC(=O)NC2CCCCC2)c1. The average molecular weight is 381 g/mol. The highest BCUT2D eigenvalue weighted by atomic mass is 16.2. The highest BCUT2D eigenvalue weighted by molar-refractivity contribution is 6.06. The molecule has 0 atom stereocenters. The van der Waals surface area contributed by atoms with Crippen molar-refractivity contribution in [2.24, 2.45) is 0 Å². The van der Waals surface area contributed by atoms with Gasteiger partial charge in [0.15, 0.2) is 0 Å². The van der Waals surface area contributed by atoms with Crippen molar-refractivity contribution in [1.29, 1.82) is 0 Å². The number of nitrogen functional groups attached to an aromatic ring is 1. The van der Waals surface area contributed by atoms with Gasteiger partial charge >= 0.3 is 0 Å². The molecule has 3 N–H and O–H groups in total. The van der Waals surface area contributed by atoms with Crippen LogP contribution < -0.4 is 16.0 Å². The Morgan fingerprint density at radius 3 is 2.82 bits per heavy atom. The van der Waals surface area contributed by atoms with Crippen LogP contribution in [0.3, 0.4) is 0 Å². The fraction of sp³-hybridized carbons (Fsp3) is 0.476. The van der Waals surface area contributed by atoms with E-state index < -0.39 is 0 Å². The van der Waals surface area contributed by atoms with E-state index in [1.54, 1.807) is 11.1 Å². The van der Waals surface area contributed by atoms with Gasteiger partial charge in [0.05, 0.1) is 11.8 Å². The zero-order valence-electron chi connectivity index (χ0n) is 16.1. The first-order chi connectivity index (χ1) is 13.6. The second-order valence-corrected chi connectivity index (χ2v) is 7.73. The number of hydrogen-bond donors (Lipinski definition) is 2. The Kier molecular flexibility index (Phi) is 5.32. The molecule has 2 aliphatic rings. The Labute approximate surface area is 164 Å². The molecule has 4 rings (SSSR count). The number of carbonyl (C=O) groups excluding carboxylic acids is 2. The lowest BCUT2D eigenvalue weighted by Crippen LogP contribution is -2.38. The van der Waals surface area contributed by atoms with E-state index in [1.807, 2.05) is 18.2 Å². The summed E-state index contributed by atoms with van der Waals surface area (Å²) in [5, 5.41) is 7.30. The van der Waals surface area contributed by atoms with Crippen LogP contribution in [0.4, 0.5) is 11.4 Å². The molecule has 1 aliphatic carbocycles. The zero-order chi connectivity index (χ0) is 19.5. The Hall–Kier alpha value is -2.83. The molecule has 1 fully saturated rings. The van der Waals surface area contributed by atoms with E-state index in [0.717, 1.165) is 42.6 Å². The molecule has 2 aromatic rings. The number of fused-ring (bicyclic) bond motifs is 1. The van der Waals surface area contributed by atoms with Gasteiger partial charge in [0.2, 0.25) is 5.91 Å². The Bertz CT molecular complexity index is 869. The Morgan fingerprint density at radius 2 is 2.00 bits per heavy atom. The molecular weight excluding hydrogens is 354 g/mol. The molecule has 1 aromatic carbocycles. The molecule has 0 unspecified atom stereocenters. The van der Waals surface area contributed by atoms with Gasteiger partial charge in [-0.25, -0.2) is 0 Å². The van der Waals surface area contributed by atoms with Crippen molar-refractivity contribution in [2.75, 3.05) is 17.2 Å². The first-order valence-corrected chi connectivity index (χ1v) is 10.1. The molecule has 1 aromatic heterocycles. The molecule has 0 spiro atoms. The molecule has 148 valence electrons. The van der Waals surface area contributed by atoms with Gasteiger partial charge in [-0.15, -0.1) is 0 Å². The number of rotatable bonds is 4. The van der Waals surface area contributed by atoms with Gasteiger partial charge in [-0.05, 0) is 43.4 Å². The van der Waals surface area contributed by atoms with E-state index in [2.05, 4.69) is 10.4 Å². The van der Waals surface area contributed by atoms with E-state index in [9.17, 15) is 9.59 Å². The van der Waals surface area contributed by atoms with Gasteiger partial charge in [-0.3, -0.25) is 14.3 Å². The van der Waals surface area contributed by atoms with Crippen LogP contribution in [0.2, 0.25) is 0 Å². The number of nitrogens with two attached hydrogens (primary N) is 1. The van der Waals surface area contributed by atoms with Crippen LogP contribution in [-0.2, 0) is 17.8 Å². The lowest BCUT2D eigenvalue weighted by molar-refractivity contribution is -0.122. The molecule has 0 radical (unpaired) electrons. The van der Waals surface area contributed by atoms with Crippen LogP contribution in [0.15, 0.2) is 30.6 Å². The topological polar surface area (TPSA) is 93.2 Å². The summed E-state index contributed by atoms with van der Waals surface area (Å²) in [5.74, 6) is -0.157. The number of benzene rings is 1. The third-order valence-electron chi connectivity index (χ3n) is 5.69. The number of aromatic nitrogens is 2. The lowest BCUT2D eigenvalue weighted by atomic mass is 9.95. The lowest BCUT2D eigenvalue weighted by Gasteiger charge is -2.30. The third kappa shape index (κ3) is 3.88. The van der Waals surface area contributed by atoms with E-state index in [-0.39, 0.29) is 24.4 Å². The zero-order valence-corrected chi connectivity index (χ0v) is 16.1. The predicted molar refractivity (Wildman–Crippen MR) is 108 cm³/mol. The minimum atomic E-state index is -0.106. The molecule has 2 heterocycles. The third-order valence-corrected chi connectivity index (χ3v) is 5.69. The summed E-state index contributed by atoms with van der Waals surface area (Å²) in [6, 6.07) is 5.95. The maximum Gasteiger partial charge on any atom is 0.261 e. The molecule has 7 nitrogen and oxygen atoms in total. The van der Waals surface area contributed by atoms with Crippen LogP contribution >= 0.6 is 0 Å². The Morgan fingerprint density at radius 1 is 1.18 bits per heavy atom. The summed E-state index contributed by atoms with van der Waals surface area (Å²) in [6.07, 6.45) is 10.7. The van der Waals surface area contributed by atoms with Crippen molar-refractivity contribution in [3.63, 3.8) is 0 Å². The fourth-order valence-electron chi connectivity index (χ4n) is 4.25. The molecule has 28 heavy (non-hydrogen) atoms. The smallest absolute Gasteiger partial charge is 0.261 e. The molecule has 1 saturated carbocycles. The Balaban J connectivity index is 1.42. The van der Waals surface area contributed by atoms with Gasteiger partial charge in [0, 0.05) is 30.2 Å². The normalized spacial score (nSPS) is 17.2. The number of hydrogen-bond acceptors (Lipinski definition) is 4. The maximum atomic E-state index is 13.0. The second kappa shape index (κ2) is 8.04. The summed E-state index contributed by atoms with van der Waals surface area (Å²) >= 11 is 0. The summed E-state index contributed by atoms with van der Waals surface area (Å²) < 4.78 is 1.54. The summed E-state index contributed by atoms with van der Waals surface area (Å²) in [6.45, 7) is 0.788. The monoisotopic (exact) mass is 381 g/mol. The second-order valence-electron chi connectivity index (χ2n) is 7.73. The minimum Gasteiger partial charge on any atom is -0.398 e. The van der Waals surface area contributed by atoms with Gasteiger partial charge in [-0.1, -0.05) is 25.3 Å². The molecule has 0 bridgehead atoms. The van der Waals surface area contributed by atoms with Crippen LogP contribution in [-0.4, -0.2) is 34.2 Å². The molecule has 7 heteroatoms. The van der Waals surface area contributed by atoms with E-state index in [0.29, 0.717) is 12.1 Å². The minimum absolute atomic E-state index is 0.0508. The first-order valence-electron chi connectivity index (χ1n) is 10.1. The number of carbonyl (C=O) groups is 2. The van der Waals surface area contributed by atoms with Gasteiger partial charge < -0.3 is 16.0 Å². The van der Waals surface area contributed by atoms with Crippen LogP contribution in [0.1, 0.15) is 54.4 Å². The van der Waals surface area contributed by atoms with Crippen molar-refractivity contribution in [2.45, 2.75) is 57.5 Å². The van der Waals surface area contributed by atoms with E-state index in [4.69, 9.17) is 5.73 Å². The van der Waals surface area contributed by atoms with E-state index >= 15 is 0 Å². The van der Waals surface area contributed by atoms with Crippen LogP contribution in [0, 0.1) is 0 Å². The molecule has 2 amide bonds. The molecular formula is C21H27N5O2. The number of nitrogens with one attached hydrogen (secondary N) is 1. The predicted octanol–water partition coefficient (Wildman–Crippen LogP) is 2.51. The van der Waals surface area contributed by atoms with Crippen molar-refractivity contribution in [3.05, 3.63) is 41.7 Å². The number of anilines is 2. The maximum absolute atomic E-state index is 13.0. The largest absolute Gasteiger partial charge is 0.398 e. The summed E-state index contributed by atoms with van der Waals surface area (Å²) in [7, 11) is 0. The average Bonchev–Trinajstić information content (AvgIpc) is 3.16. The molecule has 0 saturated heterocycles. The van der Waals surface area contributed by atoms with Crippen LogP contribution in [0.25, 0.3) is 0 Å². The fourth-order valence-corrected chi connectivity index (χ4v) is 4.25. The van der Waals surface area contributed by atoms with E-state index in [1.165, 1.54) is 30.1 Å². The first kappa shape index (κ1) is 18.5. The number of amides is 2. The summed E-state index contributed by atoms with van der Waals surface area (Å²) in [4.78, 5) is 27.1. The van der Waals surface area contributed by atoms with Gasteiger partial charge in [-0.2, -0.15) is 5.10 Å². The van der Waals surface area contributed by atoms with Gasteiger partial charge in [0.1, 0.15) is 6.54 Å². The van der Waals surface area contributed by atoms with Crippen molar-refractivity contribution < 1.29 is 9.59 Å². The molecule has 1 aliphatic heterocycles. The standard InChI is InChI=1S/C21H27N5O2/c22-18-9-4-10-19-17(18)8-5-11-26(19)21(28)15-12-23-25(13-15)14-20(27)24-16-6-2-1-3-7-16/h4,9-10,12-13,16H,1-3,5-8,11,14,22H2,(H,24,27). The van der Waals surface area contributed by atoms with Crippen LogP contribution in [0.5, 0.6) is 0 Å². The van der Waals surface area contributed by atoms with Gasteiger partial charge in [0.25, 0.3) is 5.91 Å². The van der Waals surface area contributed by atoms with Crippen molar-refractivity contribution >= 4 is 23.2 Å². The quantitative estimate of drug-likeness (QED) is 0.796. The number of nitrogens with zero attached hydrogens (tertiary/aromatic N) is 3. The highest BCUT2D eigenvalue weighted by Gasteiger charge is 2.25. The van der Waals surface area contributed by atoms with Crippen molar-refractivity contribution in [3.8, 4) is 0 Å². The van der Waals surface area contributed by atoms with Crippen molar-refractivity contribution in [1.82, 2.24) is 15.1 Å². The highest BCUT2D eigenvalue weighted by Crippen LogP contribution is 2.32.